The molecule has 158 valence electrons. The summed E-state index contributed by atoms with van der Waals surface area (Å²) in [5, 5.41) is 11.9. The summed E-state index contributed by atoms with van der Waals surface area (Å²) in [5.74, 6) is 6.13. The quantitative estimate of drug-likeness (QED) is 0.257. The van der Waals surface area contributed by atoms with Crippen LogP contribution in [0, 0.1) is 11.8 Å². The SMILES string of the molecule is CCOC(=O)c1cc(C#Cc2ccc3cc(OCCCOC=O)ccc3c2)ccc1O. The van der Waals surface area contributed by atoms with Gasteiger partial charge in [-0.05, 0) is 60.2 Å². The third kappa shape index (κ3) is 6.00. The average Bonchev–Trinajstić information content (AvgIpc) is 2.78. The highest BCUT2D eigenvalue weighted by Crippen LogP contribution is 2.23. The van der Waals surface area contributed by atoms with Gasteiger partial charge in [-0.1, -0.05) is 24.0 Å². The number of carbonyl (C=O) groups excluding carboxylic acids is 2. The summed E-state index contributed by atoms with van der Waals surface area (Å²) in [4.78, 5) is 22.0. The lowest BCUT2D eigenvalue weighted by atomic mass is 10.1. The average molecular weight is 418 g/mol. The van der Waals surface area contributed by atoms with E-state index in [0.717, 1.165) is 22.1 Å². The second-order valence-electron chi connectivity index (χ2n) is 6.60. The Balaban J connectivity index is 1.73. The molecule has 0 aromatic heterocycles. The van der Waals surface area contributed by atoms with E-state index in [-0.39, 0.29) is 17.9 Å². The Kier molecular flexibility index (Phi) is 7.50. The molecule has 6 nitrogen and oxygen atoms in total. The number of hydrogen-bond donors (Lipinski definition) is 1. The molecule has 1 N–H and O–H groups in total. The molecule has 0 aliphatic heterocycles. The molecule has 6 heteroatoms. The molecular weight excluding hydrogens is 396 g/mol. The van der Waals surface area contributed by atoms with Crippen LogP contribution in [0.2, 0.25) is 0 Å². The summed E-state index contributed by atoms with van der Waals surface area (Å²) >= 11 is 0. The summed E-state index contributed by atoms with van der Waals surface area (Å²) in [5.41, 5.74) is 1.51. The van der Waals surface area contributed by atoms with Crippen LogP contribution in [0.1, 0.15) is 34.8 Å². The number of aromatic hydroxyl groups is 1. The lowest BCUT2D eigenvalue weighted by molar-refractivity contribution is -0.128. The third-order valence-electron chi connectivity index (χ3n) is 4.40. The van der Waals surface area contributed by atoms with E-state index in [0.29, 0.717) is 31.7 Å². The number of phenols is 1. The van der Waals surface area contributed by atoms with E-state index >= 15 is 0 Å². The highest BCUT2D eigenvalue weighted by atomic mass is 16.5. The van der Waals surface area contributed by atoms with Crippen LogP contribution < -0.4 is 4.74 Å². The topological polar surface area (TPSA) is 82.1 Å². The zero-order chi connectivity index (χ0) is 22.1. The van der Waals surface area contributed by atoms with Crippen molar-refractivity contribution in [3.8, 4) is 23.3 Å². The van der Waals surface area contributed by atoms with E-state index in [1.54, 1.807) is 13.0 Å². The van der Waals surface area contributed by atoms with Crippen LogP contribution in [0.4, 0.5) is 0 Å². The van der Waals surface area contributed by atoms with Crippen molar-refractivity contribution >= 4 is 23.2 Å². The van der Waals surface area contributed by atoms with Gasteiger partial charge in [-0.3, -0.25) is 4.79 Å². The van der Waals surface area contributed by atoms with Crippen molar-refractivity contribution in [3.63, 3.8) is 0 Å². The number of fused-ring (bicyclic) bond motifs is 1. The van der Waals surface area contributed by atoms with Crippen LogP contribution in [-0.2, 0) is 14.3 Å². The van der Waals surface area contributed by atoms with E-state index in [2.05, 4.69) is 16.6 Å². The van der Waals surface area contributed by atoms with E-state index < -0.39 is 5.97 Å². The Morgan fingerprint density at radius 2 is 1.68 bits per heavy atom. The molecule has 0 heterocycles. The molecule has 0 fully saturated rings. The van der Waals surface area contributed by atoms with Crippen LogP contribution in [0.5, 0.6) is 11.5 Å². The molecule has 0 saturated heterocycles. The van der Waals surface area contributed by atoms with Gasteiger partial charge in [-0.2, -0.15) is 0 Å². The molecule has 3 aromatic carbocycles. The molecule has 0 spiro atoms. The Morgan fingerprint density at radius 3 is 2.45 bits per heavy atom. The minimum absolute atomic E-state index is 0.0948. The minimum Gasteiger partial charge on any atom is -0.507 e. The van der Waals surface area contributed by atoms with E-state index in [4.69, 9.17) is 9.47 Å². The minimum atomic E-state index is -0.580. The molecule has 0 saturated carbocycles. The number of ether oxygens (including phenoxy) is 3. The normalized spacial score (nSPS) is 10.1. The molecule has 31 heavy (non-hydrogen) atoms. The van der Waals surface area contributed by atoms with Crippen LogP contribution in [-0.4, -0.2) is 37.4 Å². The van der Waals surface area contributed by atoms with E-state index in [1.165, 1.54) is 12.1 Å². The number of hydrogen-bond acceptors (Lipinski definition) is 6. The number of carbonyl (C=O) groups is 2. The first-order chi connectivity index (χ1) is 15.1. The van der Waals surface area contributed by atoms with Crippen molar-refractivity contribution in [2.24, 2.45) is 0 Å². The lowest BCUT2D eigenvalue weighted by Crippen LogP contribution is -2.05. The number of esters is 1. The fourth-order valence-corrected chi connectivity index (χ4v) is 2.90. The van der Waals surface area contributed by atoms with Crippen molar-refractivity contribution in [3.05, 3.63) is 71.3 Å². The molecule has 0 radical (unpaired) electrons. The van der Waals surface area contributed by atoms with Crippen LogP contribution >= 0.6 is 0 Å². The smallest absolute Gasteiger partial charge is 0.341 e. The number of rotatable bonds is 8. The van der Waals surface area contributed by atoms with Gasteiger partial charge in [0.1, 0.15) is 17.1 Å². The molecule has 3 aromatic rings. The molecule has 0 unspecified atom stereocenters. The van der Waals surface area contributed by atoms with E-state index in [9.17, 15) is 14.7 Å². The molecular formula is C25H22O6. The highest BCUT2D eigenvalue weighted by molar-refractivity contribution is 5.93. The van der Waals surface area contributed by atoms with Crippen molar-refractivity contribution < 1.29 is 28.9 Å². The Morgan fingerprint density at radius 1 is 0.968 bits per heavy atom. The van der Waals surface area contributed by atoms with Gasteiger partial charge in [0.25, 0.3) is 6.47 Å². The molecule has 0 bridgehead atoms. The van der Waals surface area contributed by atoms with Gasteiger partial charge in [-0.15, -0.1) is 0 Å². The zero-order valence-electron chi connectivity index (χ0n) is 17.1. The standard InChI is InChI=1S/C25H22O6/c1-2-30-25(28)23-15-19(7-11-24(23)27)5-4-18-6-8-21-16-22(10-9-20(21)14-18)31-13-3-12-29-17-26/h6-11,14-17,27H,2-3,12-13H2,1H3. The fraction of sp³-hybridized carbons (Fsp3) is 0.200. The molecule has 0 aliphatic rings. The first-order valence-electron chi connectivity index (χ1n) is 9.84. The molecule has 3 rings (SSSR count). The van der Waals surface area contributed by atoms with Crippen LogP contribution in [0.15, 0.2) is 54.6 Å². The Bertz CT molecular complexity index is 1140. The van der Waals surface area contributed by atoms with Crippen LogP contribution in [0.25, 0.3) is 10.8 Å². The first kappa shape index (κ1) is 21.7. The predicted molar refractivity (Wildman–Crippen MR) is 116 cm³/mol. The molecule has 0 atom stereocenters. The maximum Gasteiger partial charge on any atom is 0.341 e. The van der Waals surface area contributed by atoms with E-state index in [1.807, 2.05) is 36.4 Å². The Labute approximate surface area is 180 Å². The summed E-state index contributed by atoms with van der Waals surface area (Å²) in [6.45, 7) is 3.16. The maximum atomic E-state index is 11.9. The van der Waals surface area contributed by atoms with Crippen molar-refractivity contribution in [1.29, 1.82) is 0 Å². The number of benzene rings is 3. The maximum absolute atomic E-state index is 11.9. The van der Waals surface area contributed by atoms with Crippen molar-refractivity contribution in [1.82, 2.24) is 0 Å². The van der Waals surface area contributed by atoms with Gasteiger partial charge < -0.3 is 19.3 Å². The van der Waals surface area contributed by atoms with Gasteiger partial charge in [0.15, 0.2) is 0 Å². The lowest BCUT2D eigenvalue weighted by Gasteiger charge is -2.07. The molecule has 0 aliphatic carbocycles. The van der Waals surface area contributed by atoms with Gasteiger partial charge in [0.2, 0.25) is 0 Å². The largest absolute Gasteiger partial charge is 0.507 e. The van der Waals surface area contributed by atoms with Gasteiger partial charge in [-0.25, -0.2) is 4.79 Å². The first-order valence-corrected chi connectivity index (χ1v) is 9.84. The summed E-state index contributed by atoms with van der Waals surface area (Å²) < 4.78 is 15.3. The summed E-state index contributed by atoms with van der Waals surface area (Å²) in [6.07, 6.45) is 0.625. The number of phenolic OH excluding ortho intramolecular Hbond substituents is 1. The monoisotopic (exact) mass is 418 g/mol. The summed E-state index contributed by atoms with van der Waals surface area (Å²) in [6, 6.07) is 16.2. The second kappa shape index (κ2) is 10.7. The summed E-state index contributed by atoms with van der Waals surface area (Å²) in [7, 11) is 0. The second-order valence-corrected chi connectivity index (χ2v) is 6.60. The van der Waals surface area contributed by atoms with Gasteiger partial charge in [0.05, 0.1) is 19.8 Å². The third-order valence-corrected chi connectivity index (χ3v) is 4.40. The zero-order valence-corrected chi connectivity index (χ0v) is 17.1. The fourth-order valence-electron chi connectivity index (χ4n) is 2.90. The van der Waals surface area contributed by atoms with Crippen LogP contribution in [0.3, 0.4) is 0 Å². The Hall–Kier alpha value is -3.98. The highest BCUT2D eigenvalue weighted by Gasteiger charge is 2.12. The van der Waals surface area contributed by atoms with Gasteiger partial charge in [0, 0.05) is 17.5 Å². The van der Waals surface area contributed by atoms with Gasteiger partial charge >= 0.3 is 5.97 Å². The van der Waals surface area contributed by atoms with Crippen molar-refractivity contribution in [2.45, 2.75) is 13.3 Å². The van der Waals surface area contributed by atoms with Crippen molar-refractivity contribution in [2.75, 3.05) is 19.8 Å². The molecule has 0 amide bonds. The predicted octanol–water partition coefficient (Wildman–Crippen LogP) is 4.06.